The Morgan fingerprint density at radius 1 is 0.966 bits per heavy atom. The molecule has 162 valence electrons. The van der Waals surface area contributed by atoms with Crippen LogP contribution in [0.1, 0.15) is 33.3 Å². The second-order valence-corrected chi connectivity index (χ2v) is 8.38. The summed E-state index contributed by atoms with van der Waals surface area (Å²) in [6.07, 6.45) is -1.88. The molecule has 1 aromatic rings. The quantitative estimate of drug-likeness (QED) is 0.502. The lowest BCUT2D eigenvalue weighted by atomic mass is 10.1. The fourth-order valence-electron chi connectivity index (χ4n) is 3.88. The number of benzene rings is 1. The minimum Gasteiger partial charge on any atom is -0.497 e. The first kappa shape index (κ1) is 21.0. The van der Waals surface area contributed by atoms with Crippen molar-refractivity contribution in [1.29, 1.82) is 0 Å². The second kappa shape index (κ2) is 8.11. The molecule has 2 unspecified atom stereocenters. The highest BCUT2D eigenvalue weighted by atomic mass is 16.9. The van der Waals surface area contributed by atoms with Crippen LogP contribution in [0.3, 0.4) is 0 Å². The van der Waals surface area contributed by atoms with Gasteiger partial charge in [-0.25, -0.2) is 0 Å². The van der Waals surface area contributed by atoms with Gasteiger partial charge in [-0.3, -0.25) is 0 Å². The third-order valence-corrected chi connectivity index (χ3v) is 5.20. The van der Waals surface area contributed by atoms with Gasteiger partial charge in [0.05, 0.1) is 20.3 Å². The Kier molecular flexibility index (Phi) is 5.87. The molecule has 0 amide bonds. The Morgan fingerprint density at radius 2 is 1.72 bits per heavy atom. The molecule has 0 saturated carbocycles. The summed E-state index contributed by atoms with van der Waals surface area (Å²) in [6, 6.07) is 7.71. The molecule has 3 fully saturated rings. The van der Waals surface area contributed by atoms with Gasteiger partial charge in [0.1, 0.15) is 37.0 Å². The number of ether oxygens (including phenoxy) is 8. The molecule has 0 bridgehead atoms. The molecule has 3 aliphatic heterocycles. The van der Waals surface area contributed by atoms with E-state index in [1.54, 1.807) is 7.11 Å². The minimum atomic E-state index is -0.724. The highest BCUT2D eigenvalue weighted by Crippen LogP contribution is 2.41. The first-order valence-electron chi connectivity index (χ1n) is 9.91. The van der Waals surface area contributed by atoms with Crippen molar-refractivity contribution in [2.75, 3.05) is 20.5 Å². The Balaban J connectivity index is 1.35. The van der Waals surface area contributed by atoms with E-state index in [2.05, 4.69) is 0 Å². The summed E-state index contributed by atoms with van der Waals surface area (Å²) in [5, 5.41) is 0. The highest BCUT2D eigenvalue weighted by Gasteiger charge is 2.58. The number of hydrogen-bond donors (Lipinski definition) is 0. The molecule has 0 spiro atoms. The van der Waals surface area contributed by atoms with Gasteiger partial charge in [-0.05, 0) is 45.4 Å². The van der Waals surface area contributed by atoms with Crippen molar-refractivity contribution >= 4 is 0 Å². The van der Waals surface area contributed by atoms with Crippen molar-refractivity contribution in [3.63, 3.8) is 0 Å². The molecule has 0 radical (unpaired) electrons. The standard InChI is InChI=1S/C21H30O8/c1-20(2)25-11-15(27-20)16-17(18-19(26-16)29-21(3,4)28-18)24-12-23-10-13-6-8-14(22-5)9-7-13/h6-9,15-19H,10-12H2,1-5H3/t15?,16-,17+,18?,19+/m1/s1. The predicted molar refractivity (Wildman–Crippen MR) is 101 cm³/mol. The molecule has 29 heavy (non-hydrogen) atoms. The van der Waals surface area contributed by atoms with Crippen LogP contribution in [-0.2, 0) is 39.8 Å². The highest BCUT2D eigenvalue weighted by molar-refractivity contribution is 5.26. The topological polar surface area (TPSA) is 73.8 Å². The maximum atomic E-state index is 6.11. The van der Waals surface area contributed by atoms with Crippen LogP contribution in [0.25, 0.3) is 0 Å². The summed E-state index contributed by atoms with van der Waals surface area (Å²) in [4.78, 5) is 0. The Hall–Kier alpha value is -1.26. The average molecular weight is 410 g/mol. The molecule has 5 atom stereocenters. The van der Waals surface area contributed by atoms with Gasteiger partial charge in [0.15, 0.2) is 17.9 Å². The van der Waals surface area contributed by atoms with E-state index >= 15 is 0 Å². The lowest BCUT2D eigenvalue weighted by Gasteiger charge is -2.28. The van der Waals surface area contributed by atoms with Crippen LogP contribution in [0.5, 0.6) is 5.75 Å². The molecule has 3 aliphatic rings. The van der Waals surface area contributed by atoms with Gasteiger partial charge in [0.25, 0.3) is 0 Å². The van der Waals surface area contributed by atoms with E-state index in [1.165, 1.54) is 0 Å². The molecule has 3 heterocycles. The summed E-state index contributed by atoms with van der Waals surface area (Å²) in [5.41, 5.74) is 1.03. The SMILES string of the molecule is COc1ccc(COCO[C@@H]2C3OC(C)(C)O[C@@H]3O[C@@H]2C2COC(C)(C)O2)cc1. The van der Waals surface area contributed by atoms with E-state index in [0.29, 0.717) is 13.2 Å². The zero-order valence-electron chi connectivity index (χ0n) is 17.6. The Bertz CT molecular complexity index is 688. The summed E-state index contributed by atoms with van der Waals surface area (Å²) >= 11 is 0. The van der Waals surface area contributed by atoms with Crippen LogP contribution < -0.4 is 4.74 Å². The first-order valence-corrected chi connectivity index (χ1v) is 9.91. The molecule has 8 heteroatoms. The van der Waals surface area contributed by atoms with Crippen molar-refractivity contribution in [3.05, 3.63) is 29.8 Å². The van der Waals surface area contributed by atoms with E-state index in [-0.39, 0.29) is 31.2 Å². The van der Waals surface area contributed by atoms with Gasteiger partial charge in [0, 0.05) is 0 Å². The molecule has 0 aliphatic carbocycles. The summed E-state index contributed by atoms with van der Waals surface area (Å²) in [7, 11) is 1.64. The van der Waals surface area contributed by atoms with Crippen LogP contribution in [-0.4, -0.2) is 62.8 Å². The molecule has 1 aromatic carbocycles. The van der Waals surface area contributed by atoms with Crippen molar-refractivity contribution < 1.29 is 37.9 Å². The molecule has 8 nitrogen and oxygen atoms in total. The summed E-state index contributed by atoms with van der Waals surface area (Å²) < 4.78 is 46.6. The van der Waals surface area contributed by atoms with E-state index in [4.69, 9.17) is 37.9 Å². The molecule has 0 aromatic heterocycles. The molecule has 3 saturated heterocycles. The smallest absolute Gasteiger partial charge is 0.190 e. The van der Waals surface area contributed by atoms with Crippen LogP contribution in [0.15, 0.2) is 24.3 Å². The zero-order valence-corrected chi connectivity index (χ0v) is 17.6. The number of methoxy groups -OCH3 is 1. The normalized spacial score (nSPS) is 35.0. The van der Waals surface area contributed by atoms with Crippen molar-refractivity contribution in [1.82, 2.24) is 0 Å². The van der Waals surface area contributed by atoms with E-state index < -0.39 is 17.9 Å². The fraction of sp³-hybridized carbons (Fsp3) is 0.714. The van der Waals surface area contributed by atoms with Crippen molar-refractivity contribution in [3.8, 4) is 5.75 Å². The predicted octanol–water partition coefficient (Wildman–Crippen LogP) is 2.58. The molecular formula is C21H30O8. The van der Waals surface area contributed by atoms with Gasteiger partial charge in [-0.15, -0.1) is 0 Å². The maximum absolute atomic E-state index is 6.11. The fourth-order valence-corrected chi connectivity index (χ4v) is 3.88. The van der Waals surface area contributed by atoms with Gasteiger partial charge < -0.3 is 37.9 Å². The van der Waals surface area contributed by atoms with Crippen molar-refractivity contribution in [2.24, 2.45) is 0 Å². The van der Waals surface area contributed by atoms with Crippen LogP contribution in [0.2, 0.25) is 0 Å². The van der Waals surface area contributed by atoms with Crippen LogP contribution >= 0.6 is 0 Å². The zero-order chi connectivity index (χ0) is 20.6. The lowest BCUT2D eigenvalue weighted by molar-refractivity contribution is -0.242. The Labute approximate surface area is 171 Å². The number of hydrogen-bond acceptors (Lipinski definition) is 8. The largest absolute Gasteiger partial charge is 0.497 e. The molecular weight excluding hydrogens is 380 g/mol. The summed E-state index contributed by atoms with van der Waals surface area (Å²) in [5.74, 6) is -0.565. The summed E-state index contributed by atoms with van der Waals surface area (Å²) in [6.45, 7) is 8.43. The number of fused-ring (bicyclic) bond motifs is 1. The third-order valence-electron chi connectivity index (χ3n) is 5.20. The van der Waals surface area contributed by atoms with Crippen LogP contribution in [0, 0.1) is 0 Å². The molecule has 0 N–H and O–H groups in total. The Morgan fingerprint density at radius 3 is 2.38 bits per heavy atom. The van der Waals surface area contributed by atoms with Gasteiger partial charge >= 0.3 is 0 Å². The maximum Gasteiger partial charge on any atom is 0.190 e. The average Bonchev–Trinajstić information content (AvgIpc) is 3.28. The molecule has 4 rings (SSSR count). The first-order chi connectivity index (χ1) is 13.8. The van der Waals surface area contributed by atoms with Gasteiger partial charge in [-0.1, -0.05) is 12.1 Å². The monoisotopic (exact) mass is 410 g/mol. The third kappa shape index (κ3) is 4.74. The second-order valence-electron chi connectivity index (χ2n) is 8.38. The van der Waals surface area contributed by atoms with E-state index in [9.17, 15) is 0 Å². The minimum absolute atomic E-state index is 0.0978. The van der Waals surface area contributed by atoms with Crippen molar-refractivity contribution in [2.45, 2.75) is 76.6 Å². The van der Waals surface area contributed by atoms with Gasteiger partial charge in [-0.2, -0.15) is 0 Å². The van der Waals surface area contributed by atoms with Gasteiger partial charge in [0.2, 0.25) is 0 Å². The number of rotatable bonds is 7. The van der Waals surface area contributed by atoms with E-state index in [0.717, 1.165) is 11.3 Å². The lowest BCUT2D eigenvalue weighted by Crippen LogP contribution is -2.44. The van der Waals surface area contributed by atoms with Crippen LogP contribution in [0.4, 0.5) is 0 Å². The van der Waals surface area contributed by atoms with E-state index in [1.807, 2.05) is 52.0 Å².